The lowest BCUT2D eigenvalue weighted by atomic mass is 10.2. The Morgan fingerprint density at radius 1 is 1.18 bits per heavy atom. The summed E-state index contributed by atoms with van der Waals surface area (Å²) in [5.41, 5.74) is 8.81. The molecule has 2 amide bonds. The number of aromatic nitrogens is 2. The molecule has 1 aliphatic carbocycles. The summed E-state index contributed by atoms with van der Waals surface area (Å²) in [5.74, 6) is 0.253. The number of carbonyl (C=O) groups is 2. The maximum Gasteiger partial charge on any atom is 0.255 e. The molecule has 28 heavy (non-hydrogen) atoms. The van der Waals surface area contributed by atoms with Crippen LogP contribution in [0.4, 0.5) is 17.3 Å². The van der Waals surface area contributed by atoms with E-state index in [1.165, 1.54) is 11.8 Å². The highest BCUT2D eigenvalue weighted by atomic mass is 32.1. The zero-order valence-corrected chi connectivity index (χ0v) is 16.0. The maximum absolute atomic E-state index is 12.7. The maximum atomic E-state index is 12.7. The van der Waals surface area contributed by atoms with Crippen molar-refractivity contribution in [1.82, 2.24) is 9.97 Å². The Morgan fingerprint density at radius 2 is 2.00 bits per heavy atom. The standard InChI is InChI=1S/C20H19N5O2S/c1-11-6-16(28-10-11)14-7-15(18(21)23-9-14)24-20(27)13-4-5-22-17(8-13)25-19(26)12-2-3-12/h4-10,12H,2-3H2,1H3,(H2,21,23)(H,24,27)(H,22,25,26). The largest absolute Gasteiger partial charge is 0.382 e. The average Bonchev–Trinajstić information content (AvgIpc) is 3.45. The molecular formula is C20H19N5O2S. The highest BCUT2D eigenvalue weighted by Crippen LogP contribution is 2.31. The lowest BCUT2D eigenvalue weighted by Gasteiger charge is -2.10. The quantitative estimate of drug-likeness (QED) is 0.612. The lowest BCUT2D eigenvalue weighted by molar-refractivity contribution is -0.117. The van der Waals surface area contributed by atoms with E-state index in [1.807, 2.05) is 13.0 Å². The first-order valence-electron chi connectivity index (χ1n) is 8.89. The molecule has 1 aliphatic rings. The topological polar surface area (TPSA) is 110 Å². The minimum absolute atomic E-state index is 0.0579. The van der Waals surface area contributed by atoms with Gasteiger partial charge in [-0.1, -0.05) is 0 Å². The number of rotatable bonds is 5. The van der Waals surface area contributed by atoms with Gasteiger partial charge in [0.25, 0.3) is 5.91 Å². The van der Waals surface area contributed by atoms with Gasteiger partial charge in [-0.2, -0.15) is 0 Å². The number of thiophene rings is 1. The Balaban J connectivity index is 1.52. The van der Waals surface area contributed by atoms with E-state index in [0.29, 0.717) is 17.1 Å². The molecule has 4 rings (SSSR count). The number of hydrogen-bond acceptors (Lipinski definition) is 6. The van der Waals surface area contributed by atoms with Gasteiger partial charge in [0, 0.05) is 34.3 Å². The van der Waals surface area contributed by atoms with Crippen molar-refractivity contribution in [2.75, 3.05) is 16.4 Å². The SMILES string of the molecule is Cc1csc(-c2cnc(N)c(NC(=O)c3ccnc(NC(=O)C4CC4)c3)c2)c1. The molecule has 0 unspecified atom stereocenters. The summed E-state index contributed by atoms with van der Waals surface area (Å²) < 4.78 is 0. The van der Waals surface area contributed by atoms with Crippen LogP contribution in [0.15, 0.2) is 42.0 Å². The molecule has 3 aromatic heterocycles. The normalized spacial score (nSPS) is 13.2. The summed E-state index contributed by atoms with van der Waals surface area (Å²) >= 11 is 1.61. The Morgan fingerprint density at radius 3 is 2.71 bits per heavy atom. The first-order valence-corrected chi connectivity index (χ1v) is 9.77. The van der Waals surface area contributed by atoms with Crippen LogP contribution in [-0.2, 0) is 4.79 Å². The van der Waals surface area contributed by atoms with Crippen molar-refractivity contribution in [1.29, 1.82) is 0 Å². The van der Waals surface area contributed by atoms with Crippen molar-refractivity contribution in [3.63, 3.8) is 0 Å². The number of amides is 2. The first kappa shape index (κ1) is 18.1. The average molecular weight is 393 g/mol. The molecule has 142 valence electrons. The third kappa shape index (κ3) is 4.01. The Labute approximate surface area is 166 Å². The minimum Gasteiger partial charge on any atom is -0.382 e. The number of nitrogens with zero attached hydrogens (tertiary/aromatic N) is 2. The van der Waals surface area contributed by atoms with E-state index in [2.05, 4.69) is 32.0 Å². The molecule has 4 N–H and O–H groups in total. The smallest absolute Gasteiger partial charge is 0.255 e. The molecule has 3 heterocycles. The molecular weight excluding hydrogens is 374 g/mol. The molecule has 3 aromatic rings. The van der Waals surface area contributed by atoms with Crippen LogP contribution in [0.1, 0.15) is 28.8 Å². The van der Waals surface area contributed by atoms with E-state index in [1.54, 1.807) is 29.7 Å². The van der Waals surface area contributed by atoms with Gasteiger partial charge in [-0.15, -0.1) is 11.3 Å². The van der Waals surface area contributed by atoms with Gasteiger partial charge < -0.3 is 16.4 Å². The summed E-state index contributed by atoms with van der Waals surface area (Å²) in [6, 6.07) is 6.99. The summed E-state index contributed by atoms with van der Waals surface area (Å²) in [6.07, 6.45) is 4.98. The van der Waals surface area contributed by atoms with Crippen LogP contribution in [0.25, 0.3) is 10.4 Å². The van der Waals surface area contributed by atoms with E-state index in [-0.39, 0.29) is 23.6 Å². The van der Waals surface area contributed by atoms with Gasteiger partial charge in [-0.25, -0.2) is 9.97 Å². The van der Waals surface area contributed by atoms with Gasteiger partial charge in [0.05, 0.1) is 5.69 Å². The van der Waals surface area contributed by atoms with Crippen LogP contribution >= 0.6 is 11.3 Å². The molecule has 1 fully saturated rings. The molecule has 0 spiro atoms. The van der Waals surface area contributed by atoms with E-state index >= 15 is 0 Å². The Kier molecular flexibility index (Phi) is 4.79. The summed E-state index contributed by atoms with van der Waals surface area (Å²) in [7, 11) is 0. The van der Waals surface area contributed by atoms with Gasteiger partial charge in [0.15, 0.2) is 0 Å². The second-order valence-electron chi connectivity index (χ2n) is 6.79. The molecule has 0 atom stereocenters. The third-order valence-corrected chi connectivity index (χ3v) is 5.50. The van der Waals surface area contributed by atoms with Gasteiger partial charge in [-0.3, -0.25) is 9.59 Å². The Bertz CT molecular complexity index is 1060. The summed E-state index contributed by atoms with van der Waals surface area (Å²) in [4.78, 5) is 33.9. The fourth-order valence-electron chi connectivity index (χ4n) is 2.70. The first-order chi connectivity index (χ1) is 13.5. The fourth-order valence-corrected chi connectivity index (χ4v) is 3.58. The number of nitrogen functional groups attached to an aromatic ring is 1. The van der Waals surface area contributed by atoms with Crippen molar-refractivity contribution in [3.8, 4) is 10.4 Å². The molecule has 0 radical (unpaired) electrons. The molecule has 7 nitrogen and oxygen atoms in total. The molecule has 8 heteroatoms. The summed E-state index contributed by atoms with van der Waals surface area (Å²) in [5, 5.41) is 7.59. The van der Waals surface area contributed by atoms with Gasteiger partial charge in [0.2, 0.25) is 5.91 Å². The minimum atomic E-state index is -0.350. The van der Waals surface area contributed by atoms with Crippen LogP contribution in [0, 0.1) is 12.8 Å². The van der Waals surface area contributed by atoms with Crippen LogP contribution in [0.3, 0.4) is 0 Å². The fraction of sp³-hybridized carbons (Fsp3) is 0.200. The van der Waals surface area contributed by atoms with Crippen molar-refractivity contribution >= 4 is 40.5 Å². The number of pyridine rings is 2. The van der Waals surface area contributed by atoms with Gasteiger partial charge in [0.1, 0.15) is 11.6 Å². The van der Waals surface area contributed by atoms with Crippen LogP contribution in [0.5, 0.6) is 0 Å². The van der Waals surface area contributed by atoms with Crippen molar-refractivity contribution in [2.24, 2.45) is 5.92 Å². The number of nitrogens with one attached hydrogen (secondary N) is 2. The number of carbonyl (C=O) groups excluding carboxylic acids is 2. The zero-order chi connectivity index (χ0) is 19.7. The number of anilines is 3. The van der Waals surface area contributed by atoms with Crippen LogP contribution < -0.4 is 16.4 Å². The number of aryl methyl sites for hydroxylation is 1. The van der Waals surface area contributed by atoms with E-state index in [4.69, 9.17) is 5.73 Å². The van der Waals surface area contributed by atoms with Crippen molar-refractivity contribution in [2.45, 2.75) is 19.8 Å². The number of hydrogen-bond donors (Lipinski definition) is 3. The van der Waals surface area contributed by atoms with E-state index in [0.717, 1.165) is 23.3 Å². The monoisotopic (exact) mass is 393 g/mol. The van der Waals surface area contributed by atoms with Crippen LogP contribution in [0.2, 0.25) is 0 Å². The highest BCUT2D eigenvalue weighted by Gasteiger charge is 2.29. The van der Waals surface area contributed by atoms with Gasteiger partial charge in [-0.05, 0) is 55.0 Å². The lowest BCUT2D eigenvalue weighted by Crippen LogP contribution is -2.17. The van der Waals surface area contributed by atoms with Crippen molar-refractivity contribution in [3.05, 3.63) is 53.2 Å². The predicted octanol–water partition coefficient (Wildman–Crippen LogP) is 3.70. The van der Waals surface area contributed by atoms with E-state index in [9.17, 15) is 9.59 Å². The molecule has 1 saturated carbocycles. The number of nitrogens with two attached hydrogens (primary N) is 1. The predicted molar refractivity (Wildman–Crippen MR) is 110 cm³/mol. The Hall–Kier alpha value is -3.26. The van der Waals surface area contributed by atoms with Crippen LogP contribution in [-0.4, -0.2) is 21.8 Å². The molecule has 0 bridgehead atoms. The molecule has 0 aromatic carbocycles. The molecule has 0 aliphatic heterocycles. The van der Waals surface area contributed by atoms with Crippen molar-refractivity contribution < 1.29 is 9.59 Å². The van der Waals surface area contributed by atoms with E-state index < -0.39 is 0 Å². The zero-order valence-electron chi connectivity index (χ0n) is 15.2. The highest BCUT2D eigenvalue weighted by molar-refractivity contribution is 7.13. The molecule has 0 saturated heterocycles. The van der Waals surface area contributed by atoms with Gasteiger partial charge >= 0.3 is 0 Å². The second-order valence-corrected chi connectivity index (χ2v) is 7.70. The summed E-state index contributed by atoms with van der Waals surface area (Å²) in [6.45, 7) is 2.02. The third-order valence-electron chi connectivity index (χ3n) is 4.40. The second kappa shape index (κ2) is 7.40.